The highest BCUT2D eigenvalue weighted by molar-refractivity contribution is 7.15. The number of imide groups is 1. The van der Waals surface area contributed by atoms with Gasteiger partial charge in [-0.3, -0.25) is 33.6 Å². The third-order valence-electron chi connectivity index (χ3n) is 8.81. The summed E-state index contributed by atoms with van der Waals surface area (Å²) in [6, 6.07) is 11.8. The lowest BCUT2D eigenvalue weighted by atomic mass is 10.00. The number of carbonyl (C=O) groups excluding carboxylic acids is 4. The van der Waals surface area contributed by atoms with Crippen LogP contribution in [0.3, 0.4) is 0 Å². The number of carbonyl (C=O) groups is 4. The van der Waals surface area contributed by atoms with E-state index in [0.717, 1.165) is 44.3 Å². The van der Waals surface area contributed by atoms with Gasteiger partial charge in [0.2, 0.25) is 11.8 Å². The summed E-state index contributed by atoms with van der Waals surface area (Å²) in [4.78, 5) is 56.2. The molecule has 0 radical (unpaired) electrons. The molecule has 2 N–H and O–H groups in total. The molecule has 0 bridgehead atoms. The zero-order chi connectivity index (χ0) is 39.5. The highest BCUT2D eigenvalue weighted by atomic mass is 35.5. The van der Waals surface area contributed by atoms with Crippen LogP contribution in [0.25, 0.3) is 5.00 Å². The van der Waals surface area contributed by atoms with E-state index in [9.17, 15) is 19.2 Å². The lowest BCUT2D eigenvalue weighted by molar-refractivity contribution is -0.124. The normalized spacial score (nSPS) is 13.1. The highest BCUT2D eigenvalue weighted by Crippen LogP contribution is 2.36. The molecule has 2 aliphatic rings. The van der Waals surface area contributed by atoms with Crippen LogP contribution in [0, 0.1) is 20.8 Å². The van der Waals surface area contributed by atoms with E-state index in [1.807, 2.05) is 45.0 Å². The first-order chi connectivity index (χ1) is 26.0. The predicted molar refractivity (Wildman–Crippen MR) is 213 cm³/mol. The maximum atomic E-state index is 13.0. The van der Waals surface area contributed by atoms with Gasteiger partial charge >= 0.3 is 0 Å². The lowest BCUT2D eigenvalue weighted by Gasteiger charge is -2.24. The number of nitrogens with zero attached hydrogens (tertiary/aromatic N) is 5. The lowest BCUT2D eigenvalue weighted by Crippen LogP contribution is -2.48. The molecule has 0 spiro atoms. The number of hydrogen-bond acceptors (Lipinski definition) is 9. The molecule has 2 aromatic carbocycles. The van der Waals surface area contributed by atoms with Crippen molar-refractivity contribution in [3.05, 3.63) is 104 Å². The van der Waals surface area contributed by atoms with Gasteiger partial charge in [-0.2, -0.15) is 0 Å². The van der Waals surface area contributed by atoms with E-state index < -0.39 is 23.8 Å². The fourth-order valence-corrected chi connectivity index (χ4v) is 7.41. The third kappa shape index (κ3) is 9.14. The smallest absolute Gasteiger partial charge is 0.266 e. The number of unbranched alkanes of at least 4 members (excludes halogenated alkanes) is 1. The molecule has 1 unspecified atom stereocenters. The molecule has 286 valence electrons. The number of allylic oxidation sites excluding steroid dienone is 1. The number of amides is 4. The molecule has 6 rings (SSSR count). The van der Waals surface area contributed by atoms with Gasteiger partial charge in [0.15, 0.2) is 5.82 Å². The Hall–Kier alpha value is -5.14. The minimum Gasteiger partial charge on any atom is -0.493 e. The van der Waals surface area contributed by atoms with Gasteiger partial charge in [0, 0.05) is 41.5 Å². The maximum absolute atomic E-state index is 13.0. The summed E-state index contributed by atoms with van der Waals surface area (Å²) >= 11 is 7.80. The molecule has 4 heterocycles. The molecule has 2 aliphatic heterocycles. The zero-order valence-electron chi connectivity index (χ0n) is 31.9. The van der Waals surface area contributed by atoms with Crippen LogP contribution in [0.15, 0.2) is 60.1 Å². The van der Waals surface area contributed by atoms with Crippen molar-refractivity contribution in [2.75, 3.05) is 20.2 Å². The maximum Gasteiger partial charge on any atom is 0.266 e. The topological polar surface area (TPSA) is 148 Å². The average molecular weight is 774 g/mol. The van der Waals surface area contributed by atoms with Crippen molar-refractivity contribution in [3.8, 4) is 10.8 Å². The van der Waals surface area contributed by atoms with Gasteiger partial charge in [-0.05, 0) is 76.3 Å². The number of fused-ring (bicyclic) bond motifs is 4. The summed E-state index contributed by atoms with van der Waals surface area (Å²) in [5, 5.41) is 15.6. The fraction of sp³-hybridized carbons (Fsp3) is 0.375. The van der Waals surface area contributed by atoms with E-state index in [1.165, 1.54) is 30.0 Å². The predicted octanol–water partition coefficient (Wildman–Crippen LogP) is 6.94. The van der Waals surface area contributed by atoms with E-state index in [0.29, 0.717) is 44.7 Å². The standard InChI is InChI=1S/C21H27N3O5.C17H15ClN4S.C2H6/c1-4-5-10-16(19(26)22-3)24-20(27)15-9-8-11-17(18(15)21(24)28)29-13-7-6-12-23-14(2)25;1-9-10(2)23-17-15(9)16(12-4-6-13(18)7-5-12)19-8-14-21-20-11(3)22(14)17;1-2/h4,8-9,11,16H,1,5-7,10,12-13H2,2-3H3,(H,22,26)(H,23,25);4-7H,8H2,1-3H3;1-2H3. The minimum atomic E-state index is -0.907. The summed E-state index contributed by atoms with van der Waals surface area (Å²) in [5.41, 5.74) is 4.94. The van der Waals surface area contributed by atoms with Crippen LogP contribution in [0.5, 0.6) is 5.75 Å². The number of ether oxygens (including phenoxy) is 1. The molecule has 0 aliphatic carbocycles. The van der Waals surface area contributed by atoms with Gasteiger partial charge in [0.1, 0.15) is 29.2 Å². The van der Waals surface area contributed by atoms with Crippen LogP contribution in [-0.2, 0) is 16.1 Å². The number of aromatic nitrogens is 3. The van der Waals surface area contributed by atoms with Gasteiger partial charge in [0.25, 0.3) is 11.8 Å². The van der Waals surface area contributed by atoms with Crippen molar-refractivity contribution < 1.29 is 23.9 Å². The molecule has 2 aromatic heterocycles. The summed E-state index contributed by atoms with van der Waals surface area (Å²) in [5.74, 6) is 0.585. The second kappa shape index (κ2) is 19.3. The van der Waals surface area contributed by atoms with Crippen LogP contribution >= 0.6 is 22.9 Å². The van der Waals surface area contributed by atoms with Gasteiger partial charge in [0.05, 0.1) is 23.4 Å². The monoisotopic (exact) mass is 773 g/mol. The fourth-order valence-electron chi connectivity index (χ4n) is 6.06. The van der Waals surface area contributed by atoms with E-state index in [4.69, 9.17) is 21.3 Å². The Morgan fingerprint density at radius 2 is 1.76 bits per heavy atom. The number of thiophene rings is 1. The molecule has 0 saturated carbocycles. The van der Waals surface area contributed by atoms with Crippen LogP contribution in [0.4, 0.5) is 0 Å². The Bertz CT molecular complexity index is 2040. The number of benzene rings is 2. The van der Waals surface area contributed by atoms with Crippen molar-refractivity contribution in [3.63, 3.8) is 0 Å². The van der Waals surface area contributed by atoms with Crippen LogP contribution in [0.1, 0.15) is 100 Å². The molecule has 4 aromatic rings. The number of nitrogens with one attached hydrogen (secondary N) is 2. The first-order valence-electron chi connectivity index (χ1n) is 18.0. The minimum absolute atomic E-state index is 0.0851. The first-order valence-corrected chi connectivity index (χ1v) is 19.2. The van der Waals surface area contributed by atoms with Crippen molar-refractivity contribution in [2.45, 2.75) is 79.8 Å². The number of hydrogen-bond donors (Lipinski definition) is 2. The third-order valence-corrected chi connectivity index (χ3v) is 10.3. The van der Waals surface area contributed by atoms with E-state index in [-0.39, 0.29) is 17.0 Å². The number of likely N-dealkylation sites (N-methyl/N-ethyl adjacent to an activating group) is 1. The second-order valence-electron chi connectivity index (χ2n) is 12.3. The van der Waals surface area contributed by atoms with E-state index >= 15 is 0 Å². The second-order valence-corrected chi connectivity index (χ2v) is 14.0. The summed E-state index contributed by atoms with van der Waals surface area (Å²) < 4.78 is 7.87. The van der Waals surface area contributed by atoms with Crippen LogP contribution in [0.2, 0.25) is 5.02 Å². The molecule has 0 saturated heterocycles. The average Bonchev–Trinajstić information content (AvgIpc) is 3.72. The summed E-state index contributed by atoms with van der Waals surface area (Å²) in [6.45, 7) is 16.8. The van der Waals surface area contributed by atoms with Crippen molar-refractivity contribution in [1.82, 2.24) is 30.3 Å². The molecule has 54 heavy (non-hydrogen) atoms. The number of aryl methyl sites for hydroxylation is 2. The molecule has 0 fully saturated rings. The molecule has 12 nitrogen and oxygen atoms in total. The van der Waals surface area contributed by atoms with Crippen molar-refractivity contribution in [1.29, 1.82) is 0 Å². The van der Waals surface area contributed by atoms with Crippen LogP contribution < -0.4 is 15.4 Å². The molecule has 4 amide bonds. The zero-order valence-corrected chi connectivity index (χ0v) is 33.5. The quantitative estimate of drug-likeness (QED) is 0.0901. The Morgan fingerprint density at radius 1 is 1.04 bits per heavy atom. The number of rotatable bonds is 12. The first kappa shape index (κ1) is 41.6. The number of aliphatic imine (C=N–C) groups is 1. The van der Waals surface area contributed by atoms with E-state index in [1.54, 1.807) is 35.6 Å². The van der Waals surface area contributed by atoms with Crippen molar-refractivity contribution in [2.24, 2.45) is 4.99 Å². The van der Waals surface area contributed by atoms with Crippen LogP contribution in [-0.4, -0.2) is 75.2 Å². The SMILES string of the molecule is C=CCCC(C(=O)NC)N1C(=O)c2cccc(OCCCCNC(C)=O)c2C1=O.CC.Cc1sc2c(c1C)C(c1ccc(Cl)cc1)=NCc1nnc(C)n1-2. The Balaban J connectivity index is 0.000000235. The molecule has 14 heteroatoms. The van der Waals surface area contributed by atoms with Gasteiger partial charge in [-0.25, -0.2) is 0 Å². The largest absolute Gasteiger partial charge is 0.493 e. The van der Waals surface area contributed by atoms with Gasteiger partial charge in [-0.15, -0.1) is 28.1 Å². The highest BCUT2D eigenvalue weighted by Gasteiger charge is 2.44. The Labute approximate surface area is 325 Å². The Morgan fingerprint density at radius 3 is 2.43 bits per heavy atom. The molecular weight excluding hydrogens is 726 g/mol. The molecular formula is C40H48ClN7O5S. The van der Waals surface area contributed by atoms with E-state index in [2.05, 4.69) is 45.8 Å². The molecule has 1 atom stereocenters. The summed E-state index contributed by atoms with van der Waals surface area (Å²) in [6.07, 6.45) is 3.84. The Kier molecular flexibility index (Phi) is 14.8. The number of halogens is 1. The van der Waals surface area contributed by atoms with Gasteiger partial charge < -0.3 is 15.4 Å². The van der Waals surface area contributed by atoms with Gasteiger partial charge in [-0.1, -0.05) is 49.7 Å². The van der Waals surface area contributed by atoms with Crippen molar-refractivity contribution >= 4 is 52.3 Å². The summed E-state index contributed by atoms with van der Waals surface area (Å²) in [7, 11) is 1.47.